The van der Waals surface area contributed by atoms with Crippen molar-refractivity contribution in [2.45, 2.75) is 31.7 Å². The second-order valence-corrected chi connectivity index (χ2v) is 6.26. The van der Waals surface area contributed by atoms with Crippen molar-refractivity contribution in [3.05, 3.63) is 24.3 Å². The molecule has 0 aromatic heterocycles. The van der Waals surface area contributed by atoms with Crippen molar-refractivity contribution in [2.24, 2.45) is 0 Å². The summed E-state index contributed by atoms with van der Waals surface area (Å²) in [5.74, 6) is 0.917. The van der Waals surface area contributed by atoms with Gasteiger partial charge in [-0.15, -0.1) is 0 Å². The summed E-state index contributed by atoms with van der Waals surface area (Å²) in [5.41, 5.74) is 6.45. The Balaban J connectivity index is 1.32. The average molecular weight is 289 g/mol. The van der Waals surface area contributed by atoms with Crippen LogP contribution in [0.2, 0.25) is 0 Å². The fourth-order valence-electron chi connectivity index (χ4n) is 3.46. The zero-order valence-corrected chi connectivity index (χ0v) is 12.8. The molecule has 2 aliphatic rings. The summed E-state index contributed by atoms with van der Waals surface area (Å²) in [4.78, 5) is 5.28. The van der Waals surface area contributed by atoms with Crippen molar-refractivity contribution in [1.29, 1.82) is 0 Å². The van der Waals surface area contributed by atoms with Gasteiger partial charge < -0.3 is 15.4 Å². The zero-order chi connectivity index (χ0) is 14.5. The van der Waals surface area contributed by atoms with E-state index >= 15 is 0 Å². The second-order valence-electron chi connectivity index (χ2n) is 6.26. The summed E-state index contributed by atoms with van der Waals surface area (Å²) in [7, 11) is 0. The van der Waals surface area contributed by atoms with Gasteiger partial charge in [-0.2, -0.15) is 0 Å². The van der Waals surface area contributed by atoms with Crippen LogP contribution in [-0.2, 0) is 0 Å². The number of rotatable bonds is 6. The highest BCUT2D eigenvalue weighted by molar-refractivity contribution is 5.41. The lowest BCUT2D eigenvalue weighted by Gasteiger charge is -2.23. The van der Waals surface area contributed by atoms with Crippen LogP contribution >= 0.6 is 0 Å². The van der Waals surface area contributed by atoms with E-state index < -0.39 is 0 Å². The Bertz CT molecular complexity index is 428. The van der Waals surface area contributed by atoms with E-state index in [1.807, 2.05) is 24.3 Å². The monoisotopic (exact) mass is 289 g/mol. The van der Waals surface area contributed by atoms with Gasteiger partial charge in [-0.1, -0.05) is 0 Å². The number of likely N-dealkylation sites (tertiary alicyclic amines) is 2. The maximum absolute atomic E-state index is 5.75. The molecule has 1 aromatic carbocycles. The highest BCUT2D eigenvalue weighted by Gasteiger charge is 2.28. The molecule has 0 radical (unpaired) electrons. The molecule has 2 fully saturated rings. The predicted octanol–water partition coefficient (Wildman–Crippen LogP) is 2.21. The molecule has 21 heavy (non-hydrogen) atoms. The van der Waals surface area contributed by atoms with Crippen LogP contribution in [0.5, 0.6) is 5.75 Å². The molecular formula is C17H27N3O. The fourth-order valence-corrected chi connectivity index (χ4v) is 3.46. The summed E-state index contributed by atoms with van der Waals surface area (Å²) in [6.45, 7) is 7.08. The number of hydrogen-bond donors (Lipinski definition) is 1. The van der Waals surface area contributed by atoms with Gasteiger partial charge in [-0.25, -0.2) is 0 Å². The maximum Gasteiger partial charge on any atom is 0.119 e. The van der Waals surface area contributed by atoms with E-state index in [1.54, 1.807) is 0 Å². The molecule has 2 aliphatic heterocycles. The minimum Gasteiger partial charge on any atom is -0.494 e. The molecule has 4 nitrogen and oxygen atoms in total. The third-order valence-electron chi connectivity index (χ3n) is 4.67. The summed E-state index contributed by atoms with van der Waals surface area (Å²) < 4.78 is 5.75. The van der Waals surface area contributed by atoms with Crippen LogP contribution in [0.4, 0.5) is 5.69 Å². The first-order valence-corrected chi connectivity index (χ1v) is 8.26. The van der Waals surface area contributed by atoms with Crippen molar-refractivity contribution in [2.75, 3.05) is 45.1 Å². The van der Waals surface area contributed by atoms with E-state index in [9.17, 15) is 0 Å². The number of benzene rings is 1. The van der Waals surface area contributed by atoms with Gasteiger partial charge in [0, 0.05) is 24.8 Å². The summed E-state index contributed by atoms with van der Waals surface area (Å²) in [6.07, 6.45) is 5.23. The van der Waals surface area contributed by atoms with Crippen LogP contribution in [0, 0.1) is 0 Å². The molecule has 1 unspecified atom stereocenters. The fraction of sp³-hybridized carbons (Fsp3) is 0.647. The molecule has 1 atom stereocenters. The number of nitrogens with two attached hydrogens (primary N) is 1. The first-order valence-electron chi connectivity index (χ1n) is 8.26. The minimum atomic E-state index is 0.785. The number of nitrogen functional groups attached to an aromatic ring is 1. The quantitative estimate of drug-likeness (QED) is 0.644. The summed E-state index contributed by atoms with van der Waals surface area (Å²) in [6, 6.07) is 8.46. The van der Waals surface area contributed by atoms with E-state index in [4.69, 9.17) is 10.5 Å². The molecule has 0 amide bonds. The van der Waals surface area contributed by atoms with E-state index in [-0.39, 0.29) is 0 Å². The standard InChI is InChI=1S/C17H27N3O/c18-15-4-6-17(7-5-15)21-13-3-9-19-12-8-16(14-19)20-10-1-2-11-20/h4-7,16H,1-3,8-14,18H2. The van der Waals surface area contributed by atoms with Gasteiger partial charge in [0.1, 0.15) is 5.75 Å². The first kappa shape index (κ1) is 14.7. The van der Waals surface area contributed by atoms with Gasteiger partial charge in [0.15, 0.2) is 0 Å². The van der Waals surface area contributed by atoms with Crippen molar-refractivity contribution >= 4 is 5.69 Å². The molecule has 0 spiro atoms. The lowest BCUT2D eigenvalue weighted by Crippen LogP contribution is -2.35. The number of ether oxygens (including phenoxy) is 1. The largest absolute Gasteiger partial charge is 0.494 e. The van der Waals surface area contributed by atoms with Gasteiger partial charge in [-0.05, 0) is 69.6 Å². The Morgan fingerprint density at radius 3 is 2.62 bits per heavy atom. The van der Waals surface area contributed by atoms with Gasteiger partial charge in [-0.3, -0.25) is 4.90 Å². The molecule has 0 bridgehead atoms. The topological polar surface area (TPSA) is 41.7 Å². The van der Waals surface area contributed by atoms with Crippen molar-refractivity contribution in [3.63, 3.8) is 0 Å². The van der Waals surface area contributed by atoms with Gasteiger partial charge in [0.05, 0.1) is 6.61 Å². The van der Waals surface area contributed by atoms with E-state index in [0.29, 0.717) is 0 Å². The summed E-state index contributed by atoms with van der Waals surface area (Å²) >= 11 is 0. The van der Waals surface area contributed by atoms with E-state index in [1.165, 1.54) is 45.4 Å². The van der Waals surface area contributed by atoms with Crippen LogP contribution in [-0.4, -0.2) is 55.2 Å². The SMILES string of the molecule is Nc1ccc(OCCCN2CCC(N3CCCC3)C2)cc1. The molecule has 116 valence electrons. The number of hydrogen-bond acceptors (Lipinski definition) is 4. The van der Waals surface area contributed by atoms with Gasteiger partial charge in [0.2, 0.25) is 0 Å². The third-order valence-corrected chi connectivity index (χ3v) is 4.67. The molecule has 2 saturated heterocycles. The van der Waals surface area contributed by atoms with Gasteiger partial charge in [0.25, 0.3) is 0 Å². The highest BCUT2D eigenvalue weighted by Crippen LogP contribution is 2.20. The Kier molecular flexibility index (Phi) is 4.99. The Hall–Kier alpha value is -1.26. The first-order chi connectivity index (χ1) is 10.3. The Morgan fingerprint density at radius 2 is 1.86 bits per heavy atom. The number of anilines is 1. The molecule has 3 rings (SSSR count). The van der Waals surface area contributed by atoms with Crippen LogP contribution < -0.4 is 10.5 Å². The molecule has 1 aromatic rings. The molecule has 2 heterocycles. The summed E-state index contributed by atoms with van der Waals surface area (Å²) in [5, 5.41) is 0. The van der Waals surface area contributed by atoms with Crippen LogP contribution in [0.15, 0.2) is 24.3 Å². The molecule has 4 heteroatoms. The van der Waals surface area contributed by atoms with Crippen molar-refractivity contribution in [1.82, 2.24) is 9.80 Å². The molecule has 2 N–H and O–H groups in total. The lowest BCUT2D eigenvalue weighted by atomic mass is 10.2. The predicted molar refractivity (Wildman–Crippen MR) is 86.6 cm³/mol. The van der Waals surface area contributed by atoms with Crippen molar-refractivity contribution < 1.29 is 4.74 Å². The van der Waals surface area contributed by atoms with E-state index in [2.05, 4.69) is 9.80 Å². The third kappa shape index (κ3) is 4.11. The van der Waals surface area contributed by atoms with Crippen LogP contribution in [0.1, 0.15) is 25.7 Å². The minimum absolute atomic E-state index is 0.785. The average Bonchev–Trinajstić information content (AvgIpc) is 3.16. The van der Waals surface area contributed by atoms with Crippen molar-refractivity contribution in [3.8, 4) is 5.75 Å². The Labute approximate surface area is 127 Å². The van der Waals surface area contributed by atoms with Crippen LogP contribution in [0.25, 0.3) is 0 Å². The Morgan fingerprint density at radius 1 is 1.10 bits per heavy atom. The lowest BCUT2D eigenvalue weighted by molar-refractivity contribution is 0.221. The second kappa shape index (κ2) is 7.14. The molecule has 0 aliphatic carbocycles. The van der Waals surface area contributed by atoms with E-state index in [0.717, 1.165) is 37.1 Å². The molecular weight excluding hydrogens is 262 g/mol. The number of nitrogens with zero attached hydrogens (tertiary/aromatic N) is 2. The normalized spacial score (nSPS) is 23.7. The maximum atomic E-state index is 5.75. The smallest absolute Gasteiger partial charge is 0.119 e. The van der Waals surface area contributed by atoms with Gasteiger partial charge >= 0.3 is 0 Å². The zero-order valence-electron chi connectivity index (χ0n) is 12.8. The highest BCUT2D eigenvalue weighted by atomic mass is 16.5. The molecule has 0 saturated carbocycles. The van der Waals surface area contributed by atoms with Crippen LogP contribution in [0.3, 0.4) is 0 Å².